The summed E-state index contributed by atoms with van der Waals surface area (Å²) in [5.41, 5.74) is 2.32. The summed E-state index contributed by atoms with van der Waals surface area (Å²) in [6, 6.07) is 0.326. The van der Waals surface area contributed by atoms with Crippen molar-refractivity contribution in [2.75, 3.05) is 26.2 Å². The van der Waals surface area contributed by atoms with Crippen LogP contribution in [0.2, 0.25) is 0 Å². The average Bonchev–Trinajstić information content (AvgIpc) is 2.46. The number of likely N-dealkylation sites (N-methyl/N-ethyl adjacent to an activating group) is 1. The van der Waals surface area contributed by atoms with E-state index >= 15 is 0 Å². The van der Waals surface area contributed by atoms with Crippen LogP contribution in [0.1, 0.15) is 57.2 Å². The van der Waals surface area contributed by atoms with E-state index in [0.717, 1.165) is 50.5 Å². The van der Waals surface area contributed by atoms with E-state index in [4.69, 9.17) is 0 Å². The van der Waals surface area contributed by atoms with E-state index in [-0.39, 0.29) is 0 Å². The van der Waals surface area contributed by atoms with Gasteiger partial charge in [0.15, 0.2) is 0 Å². The molecule has 1 aromatic rings. The van der Waals surface area contributed by atoms with Crippen LogP contribution in [0.3, 0.4) is 0 Å². The number of aromatic nitrogens is 2. The minimum absolute atomic E-state index is 0.326. The van der Waals surface area contributed by atoms with Crippen LogP contribution in [-0.4, -0.2) is 41.0 Å². The quantitative estimate of drug-likeness (QED) is 0.754. The Hall–Kier alpha value is -1.00. The summed E-state index contributed by atoms with van der Waals surface area (Å²) in [6.07, 6.45) is 4.07. The van der Waals surface area contributed by atoms with Gasteiger partial charge in [-0.05, 0) is 39.9 Å². The molecular formula is C16H30N4. The summed E-state index contributed by atoms with van der Waals surface area (Å²) in [5.74, 6) is 0.959. The first-order chi connectivity index (χ1) is 9.62. The van der Waals surface area contributed by atoms with Crippen LogP contribution < -0.4 is 5.32 Å². The lowest BCUT2D eigenvalue weighted by Gasteiger charge is -2.18. The Morgan fingerprint density at radius 1 is 1.25 bits per heavy atom. The molecule has 0 spiro atoms. The Kier molecular flexibility index (Phi) is 7.70. The van der Waals surface area contributed by atoms with Crippen molar-refractivity contribution in [3.8, 4) is 0 Å². The van der Waals surface area contributed by atoms with E-state index in [2.05, 4.69) is 54.8 Å². The van der Waals surface area contributed by atoms with Crippen molar-refractivity contribution >= 4 is 0 Å². The molecule has 0 saturated heterocycles. The van der Waals surface area contributed by atoms with E-state index in [9.17, 15) is 0 Å². The number of nitrogens with one attached hydrogen (secondary N) is 1. The summed E-state index contributed by atoms with van der Waals surface area (Å²) in [7, 11) is 0. The third-order valence-corrected chi connectivity index (χ3v) is 3.78. The standard InChI is InChI=1S/C16H30N4/c1-6-10-17-13(4)15-12-18-16(19-14(15)5)9-11-20(7-2)8-3/h12-13,17H,6-11H2,1-5H3. The molecular weight excluding hydrogens is 248 g/mol. The van der Waals surface area contributed by atoms with Gasteiger partial charge in [0.1, 0.15) is 5.82 Å². The molecule has 1 rings (SSSR count). The van der Waals surface area contributed by atoms with Gasteiger partial charge in [0.05, 0.1) is 0 Å². The van der Waals surface area contributed by atoms with Crippen LogP contribution in [0, 0.1) is 6.92 Å². The molecule has 0 aliphatic carbocycles. The van der Waals surface area contributed by atoms with E-state index in [1.54, 1.807) is 0 Å². The normalized spacial score (nSPS) is 12.9. The molecule has 4 heteroatoms. The summed E-state index contributed by atoms with van der Waals surface area (Å²) >= 11 is 0. The SMILES string of the molecule is CCCNC(C)c1cnc(CCN(CC)CC)nc1C. The van der Waals surface area contributed by atoms with Crippen LogP contribution in [0.5, 0.6) is 0 Å². The van der Waals surface area contributed by atoms with Crippen LogP contribution in [0.15, 0.2) is 6.20 Å². The molecule has 0 fully saturated rings. The summed E-state index contributed by atoms with van der Waals surface area (Å²) in [6.45, 7) is 15.1. The minimum atomic E-state index is 0.326. The molecule has 1 heterocycles. The van der Waals surface area contributed by atoms with Gasteiger partial charge < -0.3 is 10.2 Å². The molecule has 0 aliphatic heterocycles. The maximum Gasteiger partial charge on any atom is 0.129 e. The minimum Gasteiger partial charge on any atom is -0.310 e. The molecule has 0 amide bonds. The average molecular weight is 278 g/mol. The Balaban J connectivity index is 2.63. The number of rotatable bonds is 9. The molecule has 1 aromatic heterocycles. The van der Waals surface area contributed by atoms with Gasteiger partial charge >= 0.3 is 0 Å². The highest BCUT2D eigenvalue weighted by atomic mass is 15.1. The zero-order chi connectivity index (χ0) is 15.0. The second-order valence-corrected chi connectivity index (χ2v) is 5.28. The fraction of sp³-hybridized carbons (Fsp3) is 0.750. The van der Waals surface area contributed by atoms with Crippen molar-refractivity contribution in [3.63, 3.8) is 0 Å². The molecule has 114 valence electrons. The Bertz CT molecular complexity index is 388. The molecule has 1 N–H and O–H groups in total. The van der Waals surface area contributed by atoms with Crippen LogP contribution in [0.4, 0.5) is 0 Å². The van der Waals surface area contributed by atoms with Crippen molar-refractivity contribution < 1.29 is 0 Å². The summed E-state index contributed by atoms with van der Waals surface area (Å²) in [5, 5.41) is 3.49. The second kappa shape index (κ2) is 9.03. The van der Waals surface area contributed by atoms with Gasteiger partial charge in [-0.15, -0.1) is 0 Å². The topological polar surface area (TPSA) is 41.1 Å². The fourth-order valence-corrected chi connectivity index (χ4v) is 2.34. The molecule has 1 unspecified atom stereocenters. The van der Waals surface area contributed by atoms with Gasteiger partial charge in [0, 0.05) is 36.5 Å². The molecule has 1 atom stereocenters. The van der Waals surface area contributed by atoms with Gasteiger partial charge in [0.2, 0.25) is 0 Å². The maximum atomic E-state index is 4.67. The highest BCUT2D eigenvalue weighted by molar-refractivity contribution is 5.20. The lowest BCUT2D eigenvalue weighted by Crippen LogP contribution is -2.26. The third-order valence-electron chi connectivity index (χ3n) is 3.78. The van der Waals surface area contributed by atoms with Crippen molar-refractivity contribution in [3.05, 3.63) is 23.3 Å². The zero-order valence-corrected chi connectivity index (χ0v) is 13.7. The summed E-state index contributed by atoms with van der Waals surface area (Å²) < 4.78 is 0. The molecule has 0 saturated carbocycles. The van der Waals surface area contributed by atoms with Crippen LogP contribution in [-0.2, 0) is 6.42 Å². The maximum absolute atomic E-state index is 4.67. The van der Waals surface area contributed by atoms with Gasteiger partial charge in [0.25, 0.3) is 0 Å². The van der Waals surface area contributed by atoms with Gasteiger partial charge in [-0.1, -0.05) is 20.8 Å². The molecule has 0 bridgehead atoms. The molecule has 20 heavy (non-hydrogen) atoms. The summed E-state index contributed by atoms with van der Waals surface area (Å²) in [4.78, 5) is 11.6. The number of hydrogen-bond acceptors (Lipinski definition) is 4. The predicted molar refractivity (Wildman–Crippen MR) is 85.0 cm³/mol. The zero-order valence-electron chi connectivity index (χ0n) is 13.7. The number of nitrogens with zero attached hydrogens (tertiary/aromatic N) is 3. The Morgan fingerprint density at radius 2 is 1.95 bits per heavy atom. The first-order valence-electron chi connectivity index (χ1n) is 7.90. The number of hydrogen-bond donors (Lipinski definition) is 1. The molecule has 0 aromatic carbocycles. The molecule has 0 radical (unpaired) electrons. The Labute approximate surface area is 124 Å². The molecule has 0 aliphatic rings. The monoisotopic (exact) mass is 278 g/mol. The predicted octanol–water partition coefficient (Wildman–Crippen LogP) is 2.73. The van der Waals surface area contributed by atoms with Gasteiger partial charge in [-0.2, -0.15) is 0 Å². The largest absolute Gasteiger partial charge is 0.310 e. The smallest absolute Gasteiger partial charge is 0.129 e. The first-order valence-corrected chi connectivity index (χ1v) is 7.90. The lowest BCUT2D eigenvalue weighted by atomic mass is 10.1. The van der Waals surface area contributed by atoms with Gasteiger partial charge in [-0.25, -0.2) is 9.97 Å². The highest BCUT2D eigenvalue weighted by Crippen LogP contribution is 2.14. The van der Waals surface area contributed by atoms with Crippen molar-refractivity contribution in [1.29, 1.82) is 0 Å². The highest BCUT2D eigenvalue weighted by Gasteiger charge is 2.10. The van der Waals surface area contributed by atoms with Crippen LogP contribution in [0.25, 0.3) is 0 Å². The van der Waals surface area contributed by atoms with E-state index in [0.29, 0.717) is 6.04 Å². The van der Waals surface area contributed by atoms with Gasteiger partial charge in [-0.3, -0.25) is 0 Å². The fourth-order valence-electron chi connectivity index (χ4n) is 2.34. The molecule has 4 nitrogen and oxygen atoms in total. The van der Waals surface area contributed by atoms with E-state index < -0.39 is 0 Å². The van der Waals surface area contributed by atoms with E-state index in [1.807, 2.05) is 6.20 Å². The first kappa shape index (κ1) is 17.1. The number of aryl methyl sites for hydroxylation is 1. The Morgan fingerprint density at radius 3 is 2.50 bits per heavy atom. The van der Waals surface area contributed by atoms with Crippen molar-refractivity contribution in [2.45, 2.75) is 53.5 Å². The lowest BCUT2D eigenvalue weighted by molar-refractivity contribution is 0.305. The van der Waals surface area contributed by atoms with Crippen molar-refractivity contribution in [1.82, 2.24) is 20.2 Å². The van der Waals surface area contributed by atoms with Crippen molar-refractivity contribution in [2.24, 2.45) is 0 Å². The third kappa shape index (κ3) is 5.17. The van der Waals surface area contributed by atoms with E-state index in [1.165, 1.54) is 5.56 Å². The van der Waals surface area contributed by atoms with Crippen LogP contribution >= 0.6 is 0 Å². The second-order valence-electron chi connectivity index (χ2n) is 5.28.